The van der Waals surface area contributed by atoms with Crippen LogP contribution in [0.1, 0.15) is 0 Å². The van der Waals surface area contributed by atoms with Crippen LogP contribution in [0.2, 0.25) is 0 Å². The summed E-state index contributed by atoms with van der Waals surface area (Å²) >= 11 is 0. The van der Waals surface area contributed by atoms with Gasteiger partial charge in [-0.1, -0.05) is 121 Å². The fourth-order valence-electron chi connectivity index (χ4n) is 4.52. The molecule has 33 heavy (non-hydrogen) atoms. The summed E-state index contributed by atoms with van der Waals surface area (Å²) in [5.74, 6) is 0.769. The fraction of sp³-hybridized carbons (Fsp3) is 0.138. The lowest BCUT2D eigenvalue weighted by molar-refractivity contribution is -0.470. The highest BCUT2D eigenvalue weighted by molar-refractivity contribution is 7.19. The second-order valence-corrected chi connectivity index (χ2v) is 8.66. The summed E-state index contributed by atoms with van der Waals surface area (Å²) in [6, 6.07) is 43.5. The molecule has 4 rings (SSSR count). The summed E-state index contributed by atoms with van der Waals surface area (Å²) in [4.78, 5) is 1.86. The Labute approximate surface area is 198 Å². The molecule has 0 atom stereocenters. The van der Waals surface area contributed by atoms with Crippen LogP contribution in [0.25, 0.3) is 0 Å². The van der Waals surface area contributed by atoms with Gasteiger partial charge < -0.3 is 0 Å². The molecule has 0 aromatic heterocycles. The minimum atomic E-state index is -1.22. The maximum Gasteiger partial charge on any atom is 0.344 e. The number of guanidine groups is 1. The van der Waals surface area contributed by atoms with E-state index in [1.54, 1.807) is 0 Å². The molecule has 4 aromatic carbocycles. The van der Waals surface area contributed by atoms with Crippen molar-refractivity contribution in [2.24, 2.45) is 5.73 Å². The zero-order valence-electron chi connectivity index (χ0n) is 20.1. The second-order valence-electron chi connectivity index (χ2n) is 8.66. The van der Waals surface area contributed by atoms with E-state index >= 15 is 0 Å². The average Bonchev–Trinajstić information content (AvgIpc) is 2.87. The average molecular weight is 435 g/mol. The molecule has 0 aliphatic carbocycles. The van der Waals surface area contributed by atoms with Gasteiger partial charge in [0.15, 0.2) is 0 Å². The van der Waals surface area contributed by atoms with E-state index in [0.29, 0.717) is 0 Å². The molecule has 0 unspecified atom stereocenters. The van der Waals surface area contributed by atoms with E-state index in [1.807, 2.05) is 37.7 Å². The van der Waals surface area contributed by atoms with Crippen molar-refractivity contribution in [1.29, 1.82) is 0 Å². The van der Waals surface area contributed by atoms with Crippen molar-refractivity contribution >= 4 is 34.0 Å². The number of hydrogen-bond acceptors (Lipinski definition) is 0. The molecule has 0 saturated heterocycles. The largest absolute Gasteiger partial charge is 0.344 e. The highest BCUT2D eigenvalue weighted by Gasteiger charge is 2.30. The van der Waals surface area contributed by atoms with Gasteiger partial charge in [-0.05, 0) is 0 Å². The first-order chi connectivity index (χ1) is 16.0. The van der Waals surface area contributed by atoms with Crippen LogP contribution in [-0.4, -0.2) is 49.8 Å². The molecule has 0 amide bonds. The Bertz CT molecular complexity index is 975. The van der Waals surface area contributed by atoms with Crippen molar-refractivity contribution in [2.75, 3.05) is 28.2 Å². The first kappa shape index (κ1) is 23.9. The van der Waals surface area contributed by atoms with E-state index < -0.39 is 6.15 Å². The number of hydrogen-bond donors (Lipinski definition) is 1. The Morgan fingerprint density at radius 1 is 0.545 bits per heavy atom. The lowest BCUT2D eigenvalue weighted by atomic mass is 9.13. The van der Waals surface area contributed by atoms with Gasteiger partial charge in [-0.3, -0.25) is 15.2 Å². The number of nitrogens with two attached hydrogens (primary N) is 1. The summed E-state index contributed by atoms with van der Waals surface area (Å²) in [7, 11) is 7.65. The first-order valence-corrected chi connectivity index (χ1v) is 11.3. The van der Waals surface area contributed by atoms with E-state index in [9.17, 15) is 0 Å². The van der Waals surface area contributed by atoms with Crippen LogP contribution < -0.4 is 27.6 Å². The third kappa shape index (κ3) is 5.35. The molecule has 4 aromatic rings. The zero-order chi connectivity index (χ0) is 23.7. The van der Waals surface area contributed by atoms with Crippen LogP contribution in [0.15, 0.2) is 121 Å². The summed E-state index contributed by atoms with van der Waals surface area (Å²) in [6.07, 6.45) is -1.22. The van der Waals surface area contributed by atoms with Crippen molar-refractivity contribution in [3.05, 3.63) is 121 Å². The molecule has 0 spiro atoms. The molecule has 168 valence electrons. The Morgan fingerprint density at radius 2 is 0.788 bits per heavy atom. The monoisotopic (exact) mass is 435 g/mol. The SMILES string of the molecule is CN(C)C(N)=[N+](C)C.c1ccc([B-](c2ccccc2)(c2ccccc2)c2ccccc2)cc1. The maximum absolute atomic E-state index is 5.53. The number of rotatable bonds is 4. The first-order valence-electron chi connectivity index (χ1n) is 11.3. The van der Waals surface area contributed by atoms with Gasteiger partial charge in [0.1, 0.15) is 6.15 Å². The molecule has 0 aliphatic heterocycles. The maximum atomic E-state index is 5.53. The van der Waals surface area contributed by atoms with Crippen LogP contribution >= 0.6 is 0 Å². The van der Waals surface area contributed by atoms with Gasteiger partial charge in [0.25, 0.3) is 0 Å². The van der Waals surface area contributed by atoms with Crippen molar-refractivity contribution < 1.29 is 4.58 Å². The summed E-state index contributed by atoms with van der Waals surface area (Å²) in [6.45, 7) is 0. The molecule has 2 N–H and O–H groups in total. The molecule has 3 nitrogen and oxygen atoms in total. The Morgan fingerprint density at radius 3 is 0.939 bits per heavy atom. The molecular formula is C29H34BN3. The van der Waals surface area contributed by atoms with Crippen LogP contribution in [-0.2, 0) is 0 Å². The smallest absolute Gasteiger partial charge is 0.291 e. The van der Waals surface area contributed by atoms with Gasteiger partial charge in [-0.25, -0.2) is 0 Å². The Hall–Kier alpha value is -3.79. The highest BCUT2D eigenvalue weighted by Crippen LogP contribution is 2.09. The number of benzene rings is 4. The Kier molecular flexibility index (Phi) is 8.09. The van der Waals surface area contributed by atoms with Crippen LogP contribution in [0.4, 0.5) is 0 Å². The molecule has 4 heteroatoms. The van der Waals surface area contributed by atoms with Gasteiger partial charge >= 0.3 is 5.96 Å². The van der Waals surface area contributed by atoms with E-state index in [1.165, 1.54) is 21.9 Å². The van der Waals surface area contributed by atoms with E-state index in [2.05, 4.69) is 121 Å². The van der Waals surface area contributed by atoms with Gasteiger partial charge in [0.05, 0.1) is 28.2 Å². The highest BCUT2D eigenvalue weighted by atomic mass is 15.2. The summed E-state index contributed by atoms with van der Waals surface area (Å²) < 4.78 is 1.86. The van der Waals surface area contributed by atoms with Crippen LogP contribution in [0.5, 0.6) is 0 Å². The van der Waals surface area contributed by atoms with Crippen LogP contribution in [0.3, 0.4) is 0 Å². The van der Waals surface area contributed by atoms with Gasteiger partial charge in [-0.15, -0.1) is 0 Å². The van der Waals surface area contributed by atoms with Crippen molar-refractivity contribution in [2.45, 2.75) is 0 Å². The summed E-state index contributed by atoms with van der Waals surface area (Å²) in [5.41, 5.74) is 10.9. The van der Waals surface area contributed by atoms with E-state index in [0.717, 1.165) is 5.96 Å². The molecular weight excluding hydrogens is 401 g/mol. The third-order valence-corrected chi connectivity index (χ3v) is 6.11. The third-order valence-electron chi connectivity index (χ3n) is 6.11. The minimum Gasteiger partial charge on any atom is -0.291 e. The predicted molar refractivity (Wildman–Crippen MR) is 145 cm³/mol. The molecule has 0 heterocycles. The summed E-state index contributed by atoms with van der Waals surface area (Å²) in [5, 5.41) is 0. The van der Waals surface area contributed by atoms with Gasteiger partial charge in [0, 0.05) is 0 Å². The zero-order valence-corrected chi connectivity index (χ0v) is 20.1. The lowest BCUT2D eigenvalue weighted by Crippen LogP contribution is -2.74. The van der Waals surface area contributed by atoms with Crippen LogP contribution in [0, 0.1) is 0 Å². The fourth-order valence-corrected chi connectivity index (χ4v) is 4.52. The normalized spacial score (nSPS) is 10.5. The number of nitrogens with zero attached hydrogens (tertiary/aromatic N) is 2. The molecule has 0 radical (unpaired) electrons. The molecule has 0 aliphatic rings. The van der Waals surface area contributed by atoms with E-state index in [-0.39, 0.29) is 0 Å². The van der Waals surface area contributed by atoms with Gasteiger partial charge in [0.2, 0.25) is 0 Å². The van der Waals surface area contributed by atoms with Gasteiger partial charge in [-0.2, -0.15) is 21.9 Å². The van der Waals surface area contributed by atoms with E-state index in [4.69, 9.17) is 5.73 Å². The minimum absolute atomic E-state index is 0.769. The predicted octanol–water partition coefficient (Wildman–Crippen LogP) is 2.20. The van der Waals surface area contributed by atoms with Crippen molar-refractivity contribution in [1.82, 2.24) is 4.90 Å². The molecule has 0 bridgehead atoms. The molecule has 0 fully saturated rings. The van der Waals surface area contributed by atoms with Crippen molar-refractivity contribution in [3.63, 3.8) is 0 Å². The molecule has 0 saturated carbocycles. The standard InChI is InChI=1S/C24H20B.C5H13N3/c1-5-13-21(14-6-1)25(22-15-7-2-8-16-22,23-17-9-3-10-18-23)24-19-11-4-12-20-24;1-7(2)5(6)8(3)4/h1-20H;6H,1-4H3/q-1;/p+1. The quantitative estimate of drug-likeness (QED) is 0.231. The second kappa shape index (κ2) is 11.2. The Balaban J connectivity index is 0.000000331. The topological polar surface area (TPSA) is 32.3 Å². The lowest BCUT2D eigenvalue weighted by Gasteiger charge is -2.44. The van der Waals surface area contributed by atoms with Crippen molar-refractivity contribution in [3.8, 4) is 0 Å².